The number of amides is 1. The molecule has 7 nitrogen and oxygen atoms in total. The lowest BCUT2D eigenvalue weighted by Gasteiger charge is -2.22. The van der Waals surface area contributed by atoms with E-state index in [-0.39, 0.29) is 38.5 Å². The van der Waals surface area contributed by atoms with E-state index in [4.69, 9.17) is 14.6 Å². The molecule has 0 aromatic heterocycles. The van der Waals surface area contributed by atoms with Gasteiger partial charge in [-0.05, 0) is 28.7 Å². The maximum absolute atomic E-state index is 12.6. The van der Waals surface area contributed by atoms with Crippen molar-refractivity contribution in [2.45, 2.75) is 18.8 Å². The van der Waals surface area contributed by atoms with E-state index in [1.165, 1.54) is 6.08 Å². The van der Waals surface area contributed by atoms with Gasteiger partial charge in [-0.3, -0.25) is 14.5 Å². The maximum Gasteiger partial charge on any atom is 0.410 e. The summed E-state index contributed by atoms with van der Waals surface area (Å²) < 4.78 is 10.4. The molecule has 0 atom stereocenters. The highest BCUT2D eigenvalue weighted by Gasteiger charge is 2.30. The molecule has 2 aromatic carbocycles. The van der Waals surface area contributed by atoms with E-state index in [0.717, 1.165) is 27.2 Å². The number of nitrogens with zero attached hydrogens (tertiary/aromatic N) is 1. The number of carbonyl (C=O) groups is 3. The molecule has 31 heavy (non-hydrogen) atoms. The number of hydrogen-bond acceptors (Lipinski definition) is 5. The number of benzene rings is 2. The van der Waals surface area contributed by atoms with Crippen LogP contribution in [0.2, 0.25) is 0 Å². The molecule has 0 radical (unpaired) electrons. The van der Waals surface area contributed by atoms with Crippen molar-refractivity contribution >= 4 is 18.0 Å². The molecule has 0 bridgehead atoms. The van der Waals surface area contributed by atoms with Gasteiger partial charge in [0.2, 0.25) is 0 Å². The maximum atomic E-state index is 12.6. The number of ether oxygens (including phenoxy) is 2. The van der Waals surface area contributed by atoms with Crippen LogP contribution in [-0.2, 0) is 19.1 Å². The van der Waals surface area contributed by atoms with Crippen molar-refractivity contribution in [3.63, 3.8) is 0 Å². The average Bonchev–Trinajstić information content (AvgIpc) is 3.09. The Morgan fingerprint density at radius 2 is 1.61 bits per heavy atom. The van der Waals surface area contributed by atoms with Crippen LogP contribution in [0.3, 0.4) is 0 Å². The number of esters is 1. The highest BCUT2D eigenvalue weighted by molar-refractivity contribution is 5.79. The Bertz CT molecular complexity index is 925. The predicted molar refractivity (Wildman–Crippen MR) is 115 cm³/mol. The van der Waals surface area contributed by atoms with Crippen molar-refractivity contribution in [2.24, 2.45) is 0 Å². The minimum atomic E-state index is -1.15. The Morgan fingerprint density at radius 3 is 2.19 bits per heavy atom. The van der Waals surface area contributed by atoms with Gasteiger partial charge in [-0.15, -0.1) is 0 Å². The van der Waals surface area contributed by atoms with E-state index in [1.54, 1.807) is 0 Å². The topological polar surface area (TPSA) is 93.1 Å². The molecule has 0 aliphatic heterocycles. The van der Waals surface area contributed by atoms with Crippen molar-refractivity contribution in [2.75, 3.05) is 26.3 Å². The number of carboxylic acids is 1. The minimum Gasteiger partial charge on any atom is -0.480 e. The number of carbonyl (C=O) groups excluding carboxylic acids is 2. The molecule has 0 fully saturated rings. The molecule has 0 saturated carbocycles. The standard InChI is InChI=1S/C24H25NO6/c1-2-14-30-23(28)12-7-13-25(15-22(26)27)24(29)31-16-21-19-10-5-3-8-17(19)18-9-4-6-11-20(18)21/h2-6,8-11,21H,1,7,12-16H2,(H,26,27). The van der Waals surface area contributed by atoms with Crippen molar-refractivity contribution in [3.8, 4) is 11.1 Å². The molecule has 1 aliphatic carbocycles. The fourth-order valence-electron chi connectivity index (χ4n) is 3.72. The second kappa shape index (κ2) is 10.4. The van der Waals surface area contributed by atoms with Gasteiger partial charge in [-0.1, -0.05) is 61.2 Å². The number of carboxylic acid groups (broad SMARTS) is 1. The summed E-state index contributed by atoms with van der Waals surface area (Å²) in [5, 5.41) is 9.15. The monoisotopic (exact) mass is 423 g/mol. The lowest BCUT2D eigenvalue weighted by molar-refractivity contribution is -0.142. The van der Waals surface area contributed by atoms with Crippen LogP contribution in [0.4, 0.5) is 4.79 Å². The minimum absolute atomic E-state index is 0.0701. The first kappa shape index (κ1) is 22.1. The van der Waals surface area contributed by atoms with E-state index in [9.17, 15) is 14.4 Å². The van der Waals surface area contributed by atoms with E-state index < -0.39 is 24.6 Å². The van der Waals surface area contributed by atoms with Gasteiger partial charge < -0.3 is 14.6 Å². The summed E-state index contributed by atoms with van der Waals surface area (Å²) in [5.74, 6) is -1.69. The molecule has 0 spiro atoms. The summed E-state index contributed by atoms with van der Waals surface area (Å²) in [6.07, 6.45) is 1.09. The van der Waals surface area contributed by atoms with Gasteiger partial charge in [-0.25, -0.2) is 4.79 Å². The molecule has 162 valence electrons. The highest BCUT2D eigenvalue weighted by atomic mass is 16.6. The van der Waals surface area contributed by atoms with Gasteiger partial charge in [0.1, 0.15) is 19.8 Å². The fraction of sp³-hybridized carbons (Fsp3) is 0.292. The van der Waals surface area contributed by atoms with Crippen molar-refractivity contribution < 1.29 is 29.0 Å². The molecule has 1 N–H and O–H groups in total. The van der Waals surface area contributed by atoms with Gasteiger partial charge in [0.15, 0.2) is 0 Å². The first-order valence-electron chi connectivity index (χ1n) is 10.1. The van der Waals surface area contributed by atoms with Crippen LogP contribution >= 0.6 is 0 Å². The number of fused-ring (bicyclic) bond motifs is 3. The molecule has 2 aromatic rings. The quantitative estimate of drug-likeness (QED) is 0.461. The highest BCUT2D eigenvalue weighted by Crippen LogP contribution is 2.44. The van der Waals surface area contributed by atoms with Crippen molar-refractivity contribution in [1.82, 2.24) is 4.90 Å². The Hall–Kier alpha value is -3.61. The van der Waals surface area contributed by atoms with Gasteiger partial charge in [-0.2, -0.15) is 0 Å². The summed E-state index contributed by atoms with van der Waals surface area (Å²) in [6, 6.07) is 15.9. The zero-order valence-electron chi connectivity index (χ0n) is 17.2. The zero-order chi connectivity index (χ0) is 22.2. The summed E-state index contributed by atoms with van der Waals surface area (Å²) >= 11 is 0. The molecule has 1 amide bonds. The first-order valence-corrected chi connectivity index (χ1v) is 10.1. The SMILES string of the molecule is C=CCOC(=O)CCCN(CC(=O)O)C(=O)OCC1c2ccccc2-c2ccccc21. The fourth-order valence-corrected chi connectivity index (χ4v) is 3.72. The average molecular weight is 423 g/mol. The van der Waals surface area contributed by atoms with Crippen LogP contribution in [0.5, 0.6) is 0 Å². The van der Waals surface area contributed by atoms with Crippen molar-refractivity contribution in [3.05, 3.63) is 72.3 Å². The van der Waals surface area contributed by atoms with E-state index in [0.29, 0.717) is 0 Å². The van der Waals surface area contributed by atoms with Gasteiger partial charge in [0.25, 0.3) is 0 Å². The smallest absolute Gasteiger partial charge is 0.410 e. The third kappa shape index (κ3) is 5.51. The summed E-state index contributed by atoms with van der Waals surface area (Å²) in [6.45, 7) is 3.26. The van der Waals surface area contributed by atoms with Crippen LogP contribution in [0.1, 0.15) is 29.9 Å². The molecule has 0 saturated heterocycles. The van der Waals surface area contributed by atoms with Crippen LogP contribution in [-0.4, -0.2) is 54.3 Å². The van der Waals surface area contributed by atoms with Crippen LogP contribution in [0.25, 0.3) is 11.1 Å². The van der Waals surface area contributed by atoms with Gasteiger partial charge in [0, 0.05) is 18.9 Å². The van der Waals surface area contributed by atoms with E-state index >= 15 is 0 Å². The lowest BCUT2D eigenvalue weighted by atomic mass is 9.98. The molecular weight excluding hydrogens is 398 g/mol. The Kier molecular flexibility index (Phi) is 7.43. The summed E-state index contributed by atoms with van der Waals surface area (Å²) in [4.78, 5) is 36.5. The van der Waals surface area contributed by atoms with Crippen LogP contribution in [0.15, 0.2) is 61.2 Å². The largest absolute Gasteiger partial charge is 0.480 e. The van der Waals surface area contributed by atoms with Crippen molar-refractivity contribution in [1.29, 1.82) is 0 Å². The summed E-state index contributed by atoms with van der Waals surface area (Å²) in [7, 11) is 0. The van der Waals surface area contributed by atoms with Gasteiger partial charge >= 0.3 is 18.0 Å². The molecule has 0 unspecified atom stereocenters. The van der Waals surface area contributed by atoms with E-state index in [1.807, 2.05) is 48.5 Å². The Balaban J connectivity index is 1.62. The molecule has 0 heterocycles. The zero-order valence-corrected chi connectivity index (χ0v) is 17.2. The van der Waals surface area contributed by atoms with Crippen LogP contribution in [0, 0.1) is 0 Å². The molecule has 3 rings (SSSR count). The van der Waals surface area contributed by atoms with Gasteiger partial charge in [0.05, 0.1) is 0 Å². The number of rotatable bonds is 10. The van der Waals surface area contributed by atoms with E-state index in [2.05, 4.69) is 6.58 Å². The number of hydrogen-bond donors (Lipinski definition) is 1. The summed E-state index contributed by atoms with van der Waals surface area (Å²) in [5.41, 5.74) is 4.37. The second-order valence-corrected chi connectivity index (χ2v) is 7.19. The third-order valence-electron chi connectivity index (χ3n) is 5.09. The predicted octanol–water partition coefficient (Wildman–Crippen LogP) is 3.83. The third-order valence-corrected chi connectivity index (χ3v) is 5.09. The second-order valence-electron chi connectivity index (χ2n) is 7.19. The molecule has 7 heteroatoms. The normalized spacial score (nSPS) is 11.9. The Labute approximate surface area is 180 Å². The lowest BCUT2D eigenvalue weighted by Crippen LogP contribution is -2.37. The van der Waals surface area contributed by atoms with Crippen LogP contribution < -0.4 is 0 Å². The molecule has 1 aliphatic rings. The number of aliphatic carboxylic acids is 1. The molecular formula is C24H25NO6. The first-order chi connectivity index (χ1) is 15.0. The Morgan fingerprint density at radius 1 is 1.00 bits per heavy atom.